The molecule has 0 amide bonds. The number of hydrogen-bond donors (Lipinski definition) is 2. The monoisotopic (exact) mass is 326 g/mol. The zero-order chi connectivity index (χ0) is 17.5. The fraction of sp³-hybridized carbons (Fsp3) is 0.429. The third-order valence-corrected chi connectivity index (χ3v) is 4.21. The normalized spacial score (nSPS) is 10.9. The molecule has 0 heterocycles. The van der Waals surface area contributed by atoms with Crippen molar-refractivity contribution < 1.29 is 4.74 Å². The van der Waals surface area contributed by atoms with Gasteiger partial charge in [-0.2, -0.15) is 0 Å². The van der Waals surface area contributed by atoms with Crippen molar-refractivity contribution in [2.24, 2.45) is 5.92 Å². The standard InChI is InChI=1S/C21H30N2O/c1-15(2)14-24-21-11-10-18(13-19(21)22)8-6-12-23-20-9-5-7-16(3)17(20)4/h5,7,9-11,13,15,23H,6,8,12,14,22H2,1-4H3. The van der Waals surface area contributed by atoms with Gasteiger partial charge in [-0.3, -0.25) is 0 Å². The van der Waals surface area contributed by atoms with Crippen molar-refractivity contribution >= 4 is 11.4 Å². The lowest BCUT2D eigenvalue weighted by Gasteiger charge is -2.13. The van der Waals surface area contributed by atoms with Crippen LogP contribution >= 0.6 is 0 Å². The van der Waals surface area contributed by atoms with Crippen LogP contribution in [0.1, 0.15) is 37.0 Å². The molecule has 2 aromatic carbocycles. The van der Waals surface area contributed by atoms with Crippen LogP contribution in [0.5, 0.6) is 5.75 Å². The summed E-state index contributed by atoms with van der Waals surface area (Å²) in [5, 5.41) is 3.53. The van der Waals surface area contributed by atoms with E-state index in [9.17, 15) is 0 Å². The quantitative estimate of drug-likeness (QED) is 0.532. The van der Waals surface area contributed by atoms with Crippen LogP contribution in [0, 0.1) is 19.8 Å². The van der Waals surface area contributed by atoms with Crippen LogP contribution in [0.2, 0.25) is 0 Å². The third kappa shape index (κ3) is 5.19. The Hall–Kier alpha value is -2.16. The van der Waals surface area contributed by atoms with Gasteiger partial charge in [0.25, 0.3) is 0 Å². The van der Waals surface area contributed by atoms with Crippen molar-refractivity contribution in [3.63, 3.8) is 0 Å². The topological polar surface area (TPSA) is 47.3 Å². The molecule has 3 N–H and O–H groups in total. The minimum Gasteiger partial charge on any atom is -0.491 e. The van der Waals surface area contributed by atoms with E-state index in [1.54, 1.807) is 0 Å². The number of rotatable bonds is 8. The van der Waals surface area contributed by atoms with Crippen LogP contribution in [-0.4, -0.2) is 13.2 Å². The van der Waals surface area contributed by atoms with Crippen molar-refractivity contribution in [2.45, 2.75) is 40.5 Å². The smallest absolute Gasteiger partial charge is 0.142 e. The molecule has 24 heavy (non-hydrogen) atoms. The highest BCUT2D eigenvalue weighted by molar-refractivity contribution is 5.55. The number of nitrogen functional groups attached to an aromatic ring is 1. The average Bonchev–Trinajstić information content (AvgIpc) is 2.54. The van der Waals surface area contributed by atoms with Gasteiger partial charge < -0.3 is 15.8 Å². The summed E-state index contributed by atoms with van der Waals surface area (Å²) in [6.07, 6.45) is 2.07. The summed E-state index contributed by atoms with van der Waals surface area (Å²) in [6.45, 7) is 10.2. The lowest BCUT2D eigenvalue weighted by atomic mass is 10.1. The molecule has 0 unspecified atom stereocenters. The Morgan fingerprint density at radius 3 is 2.62 bits per heavy atom. The molecule has 0 spiro atoms. The zero-order valence-electron chi connectivity index (χ0n) is 15.4. The summed E-state index contributed by atoms with van der Waals surface area (Å²) in [5.41, 5.74) is 12.0. The maximum atomic E-state index is 6.10. The predicted molar refractivity (Wildman–Crippen MR) is 104 cm³/mol. The highest BCUT2D eigenvalue weighted by Gasteiger charge is 2.04. The largest absolute Gasteiger partial charge is 0.491 e. The van der Waals surface area contributed by atoms with Crippen LogP contribution < -0.4 is 15.8 Å². The Balaban J connectivity index is 1.82. The van der Waals surface area contributed by atoms with E-state index in [0.717, 1.165) is 30.8 Å². The highest BCUT2D eigenvalue weighted by atomic mass is 16.5. The Labute approximate surface area is 146 Å². The van der Waals surface area contributed by atoms with E-state index in [4.69, 9.17) is 10.5 Å². The number of hydrogen-bond acceptors (Lipinski definition) is 3. The SMILES string of the molecule is Cc1cccc(NCCCc2ccc(OCC(C)C)c(N)c2)c1C. The number of aryl methyl sites for hydroxylation is 2. The summed E-state index contributed by atoms with van der Waals surface area (Å²) in [7, 11) is 0. The lowest BCUT2D eigenvalue weighted by molar-refractivity contribution is 0.272. The number of nitrogens with two attached hydrogens (primary N) is 1. The number of nitrogens with one attached hydrogen (secondary N) is 1. The summed E-state index contributed by atoms with van der Waals surface area (Å²) < 4.78 is 5.72. The fourth-order valence-corrected chi connectivity index (χ4v) is 2.60. The molecule has 0 saturated carbocycles. The van der Waals surface area contributed by atoms with E-state index >= 15 is 0 Å². The van der Waals surface area contributed by atoms with Crippen LogP contribution in [0.3, 0.4) is 0 Å². The van der Waals surface area contributed by atoms with Gasteiger partial charge >= 0.3 is 0 Å². The molecule has 0 radical (unpaired) electrons. The first kappa shape index (κ1) is 18.2. The van der Waals surface area contributed by atoms with E-state index in [1.165, 1.54) is 22.4 Å². The minimum absolute atomic E-state index is 0.500. The predicted octanol–water partition coefficient (Wildman–Crippen LogP) is 4.97. The van der Waals surface area contributed by atoms with Crippen LogP contribution in [-0.2, 0) is 6.42 Å². The van der Waals surface area contributed by atoms with Crippen molar-refractivity contribution in [1.29, 1.82) is 0 Å². The van der Waals surface area contributed by atoms with E-state index < -0.39 is 0 Å². The Bertz CT molecular complexity index is 665. The van der Waals surface area contributed by atoms with Gasteiger partial charge in [0.15, 0.2) is 0 Å². The van der Waals surface area contributed by atoms with Gasteiger partial charge in [0.2, 0.25) is 0 Å². The minimum atomic E-state index is 0.500. The Morgan fingerprint density at radius 2 is 1.92 bits per heavy atom. The van der Waals surface area contributed by atoms with Crippen LogP contribution in [0.25, 0.3) is 0 Å². The molecule has 0 fully saturated rings. The van der Waals surface area contributed by atoms with E-state index in [0.29, 0.717) is 12.5 Å². The van der Waals surface area contributed by atoms with Gasteiger partial charge in [-0.15, -0.1) is 0 Å². The maximum absolute atomic E-state index is 6.10. The van der Waals surface area contributed by atoms with Gasteiger partial charge in [-0.1, -0.05) is 32.0 Å². The zero-order valence-corrected chi connectivity index (χ0v) is 15.4. The summed E-state index contributed by atoms with van der Waals surface area (Å²) in [5.74, 6) is 1.29. The second kappa shape index (κ2) is 8.62. The third-order valence-electron chi connectivity index (χ3n) is 4.21. The molecule has 3 heteroatoms. The van der Waals surface area contributed by atoms with E-state index in [2.05, 4.69) is 57.3 Å². The first-order chi connectivity index (χ1) is 11.5. The molecule has 2 aromatic rings. The van der Waals surface area contributed by atoms with Gasteiger partial charge in [-0.05, 0) is 67.5 Å². The summed E-state index contributed by atoms with van der Waals surface area (Å²) >= 11 is 0. The molecule has 0 aliphatic rings. The first-order valence-corrected chi connectivity index (χ1v) is 8.78. The van der Waals surface area contributed by atoms with Gasteiger partial charge in [-0.25, -0.2) is 0 Å². The average molecular weight is 326 g/mol. The van der Waals surface area contributed by atoms with E-state index in [1.807, 2.05) is 12.1 Å². The number of benzene rings is 2. The highest BCUT2D eigenvalue weighted by Crippen LogP contribution is 2.24. The Kier molecular flexibility index (Phi) is 6.53. The molecular formula is C21H30N2O. The summed E-state index contributed by atoms with van der Waals surface area (Å²) in [4.78, 5) is 0. The van der Waals surface area contributed by atoms with Crippen molar-refractivity contribution in [2.75, 3.05) is 24.2 Å². The fourth-order valence-electron chi connectivity index (χ4n) is 2.60. The molecule has 0 aliphatic heterocycles. The molecule has 0 atom stereocenters. The molecule has 0 bridgehead atoms. The van der Waals surface area contributed by atoms with Gasteiger partial charge in [0, 0.05) is 12.2 Å². The van der Waals surface area contributed by atoms with Crippen molar-refractivity contribution in [3.05, 3.63) is 53.1 Å². The molecule has 0 aromatic heterocycles. The second-order valence-electron chi connectivity index (χ2n) is 6.85. The number of anilines is 2. The molecule has 0 saturated heterocycles. The van der Waals surface area contributed by atoms with Crippen LogP contribution in [0.4, 0.5) is 11.4 Å². The lowest BCUT2D eigenvalue weighted by Crippen LogP contribution is -2.07. The van der Waals surface area contributed by atoms with Crippen molar-refractivity contribution in [3.8, 4) is 5.75 Å². The van der Waals surface area contributed by atoms with Gasteiger partial charge in [0.05, 0.1) is 12.3 Å². The van der Waals surface area contributed by atoms with Crippen molar-refractivity contribution in [1.82, 2.24) is 0 Å². The summed E-state index contributed by atoms with van der Waals surface area (Å²) in [6, 6.07) is 12.5. The van der Waals surface area contributed by atoms with E-state index in [-0.39, 0.29) is 0 Å². The molecular weight excluding hydrogens is 296 g/mol. The van der Waals surface area contributed by atoms with Gasteiger partial charge in [0.1, 0.15) is 5.75 Å². The second-order valence-corrected chi connectivity index (χ2v) is 6.85. The Morgan fingerprint density at radius 1 is 1.12 bits per heavy atom. The van der Waals surface area contributed by atoms with Crippen LogP contribution in [0.15, 0.2) is 36.4 Å². The number of ether oxygens (including phenoxy) is 1. The maximum Gasteiger partial charge on any atom is 0.142 e. The molecule has 2 rings (SSSR count). The molecule has 130 valence electrons. The molecule has 0 aliphatic carbocycles. The molecule has 3 nitrogen and oxygen atoms in total. The first-order valence-electron chi connectivity index (χ1n) is 8.78.